The third kappa shape index (κ3) is 3.68. The first-order valence-corrected chi connectivity index (χ1v) is 9.26. The van der Waals surface area contributed by atoms with E-state index in [-0.39, 0.29) is 5.82 Å². The Bertz CT molecular complexity index is 650. The van der Waals surface area contributed by atoms with E-state index >= 15 is 0 Å². The minimum atomic E-state index is -0.452. The van der Waals surface area contributed by atoms with Crippen molar-refractivity contribution < 1.29 is 4.39 Å². The van der Waals surface area contributed by atoms with Crippen molar-refractivity contribution in [1.82, 2.24) is 14.8 Å². The lowest BCUT2D eigenvalue weighted by atomic mass is 9.77. The molecule has 2 rings (SSSR count). The van der Waals surface area contributed by atoms with Crippen LogP contribution in [0.2, 0.25) is 0 Å². The minimum absolute atomic E-state index is 0.157. The number of hydrogen-bond donors (Lipinski definition) is 0. The van der Waals surface area contributed by atoms with Gasteiger partial charge in [0, 0.05) is 18.5 Å². The Morgan fingerprint density at radius 3 is 2.42 bits per heavy atom. The molecule has 3 nitrogen and oxygen atoms in total. The van der Waals surface area contributed by atoms with Gasteiger partial charge in [0.25, 0.3) is 0 Å². The van der Waals surface area contributed by atoms with Gasteiger partial charge < -0.3 is 4.57 Å². The van der Waals surface area contributed by atoms with Crippen LogP contribution in [-0.4, -0.2) is 14.8 Å². The zero-order valence-corrected chi connectivity index (χ0v) is 15.5. The lowest BCUT2D eigenvalue weighted by Crippen LogP contribution is -2.30. The molecule has 0 radical (unpaired) electrons. The molecule has 0 aliphatic rings. The molecule has 0 fully saturated rings. The zero-order valence-electron chi connectivity index (χ0n) is 15.5. The maximum Gasteiger partial charge on any atom is 0.143 e. The van der Waals surface area contributed by atoms with Crippen molar-refractivity contribution in [3.8, 4) is 0 Å². The summed E-state index contributed by atoms with van der Waals surface area (Å²) in [5.74, 6) is 1.78. The summed E-state index contributed by atoms with van der Waals surface area (Å²) in [5.41, 5.74) is 0.271. The standard InChI is InChI=1S/C20H30FN3/c1-5-8-15-24-18(11-6-2)22-23-19(24)20(4,14-7-3)16-12-9-10-13-17(16)21/h9-10,12-13H,5-8,11,14-15H2,1-4H3. The van der Waals surface area contributed by atoms with E-state index in [1.165, 1.54) is 0 Å². The number of rotatable bonds is 9. The highest BCUT2D eigenvalue weighted by Gasteiger charge is 2.36. The first-order chi connectivity index (χ1) is 11.6. The van der Waals surface area contributed by atoms with E-state index in [1.807, 2.05) is 12.1 Å². The highest BCUT2D eigenvalue weighted by Crippen LogP contribution is 2.37. The van der Waals surface area contributed by atoms with E-state index in [4.69, 9.17) is 0 Å². The largest absolute Gasteiger partial charge is 0.314 e. The van der Waals surface area contributed by atoms with Crippen molar-refractivity contribution in [3.63, 3.8) is 0 Å². The van der Waals surface area contributed by atoms with Gasteiger partial charge in [-0.2, -0.15) is 0 Å². The molecule has 0 aliphatic heterocycles. The van der Waals surface area contributed by atoms with Crippen LogP contribution in [0.25, 0.3) is 0 Å². The average molecular weight is 331 g/mol. The second-order valence-electron chi connectivity index (χ2n) is 6.76. The smallest absolute Gasteiger partial charge is 0.143 e. The quantitative estimate of drug-likeness (QED) is 0.626. The van der Waals surface area contributed by atoms with E-state index in [2.05, 4.69) is 42.5 Å². The average Bonchev–Trinajstić information content (AvgIpc) is 2.97. The Kier molecular flexibility index (Phi) is 6.52. The number of nitrogens with zero attached hydrogens (tertiary/aromatic N) is 3. The molecule has 4 heteroatoms. The van der Waals surface area contributed by atoms with Crippen molar-refractivity contribution in [1.29, 1.82) is 0 Å². The molecule has 0 saturated heterocycles. The fourth-order valence-electron chi connectivity index (χ4n) is 3.48. The topological polar surface area (TPSA) is 30.7 Å². The molecular formula is C20H30FN3. The third-order valence-electron chi connectivity index (χ3n) is 4.75. The number of aryl methyl sites for hydroxylation is 1. The highest BCUT2D eigenvalue weighted by atomic mass is 19.1. The molecule has 1 heterocycles. The van der Waals surface area contributed by atoms with Gasteiger partial charge in [0.05, 0.1) is 5.41 Å². The van der Waals surface area contributed by atoms with Gasteiger partial charge >= 0.3 is 0 Å². The van der Waals surface area contributed by atoms with E-state index in [1.54, 1.807) is 12.1 Å². The summed E-state index contributed by atoms with van der Waals surface area (Å²) < 4.78 is 16.8. The maximum absolute atomic E-state index is 14.6. The first kappa shape index (κ1) is 18.6. The Morgan fingerprint density at radius 1 is 1.04 bits per heavy atom. The molecule has 2 aromatic rings. The van der Waals surface area contributed by atoms with Crippen LogP contribution >= 0.6 is 0 Å². The normalized spacial score (nSPS) is 13.9. The molecule has 132 valence electrons. The number of aromatic nitrogens is 3. The molecule has 0 aliphatic carbocycles. The number of unbranched alkanes of at least 4 members (excludes halogenated alkanes) is 1. The molecule has 0 bridgehead atoms. The lowest BCUT2D eigenvalue weighted by Gasteiger charge is -2.30. The number of benzene rings is 1. The molecule has 0 N–H and O–H groups in total. The van der Waals surface area contributed by atoms with E-state index in [0.29, 0.717) is 0 Å². The van der Waals surface area contributed by atoms with Crippen LogP contribution in [0.4, 0.5) is 4.39 Å². The molecule has 0 amide bonds. The summed E-state index contributed by atoms with van der Waals surface area (Å²) in [5, 5.41) is 8.99. The number of hydrogen-bond acceptors (Lipinski definition) is 2. The lowest BCUT2D eigenvalue weighted by molar-refractivity contribution is 0.423. The van der Waals surface area contributed by atoms with Crippen molar-refractivity contribution in [2.75, 3.05) is 0 Å². The van der Waals surface area contributed by atoms with E-state index < -0.39 is 5.41 Å². The Balaban J connectivity index is 2.57. The van der Waals surface area contributed by atoms with Gasteiger partial charge in [-0.15, -0.1) is 10.2 Å². The maximum atomic E-state index is 14.6. The predicted molar refractivity (Wildman–Crippen MR) is 96.7 cm³/mol. The molecule has 0 spiro atoms. The predicted octanol–water partition coefficient (Wildman–Crippen LogP) is 5.28. The third-order valence-corrected chi connectivity index (χ3v) is 4.75. The van der Waals surface area contributed by atoms with Crippen LogP contribution in [0.15, 0.2) is 24.3 Å². The van der Waals surface area contributed by atoms with E-state index in [0.717, 1.165) is 62.3 Å². The van der Waals surface area contributed by atoms with E-state index in [9.17, 15) is 4.39 Å². The van der Waals surface area contributed by atoms with Crippen molar-refractivity contribution in [2.24, 2.45) is 0 Å². The fourth-order valence-corrected chi connectivity index (χ4v) is 3.48. The number of halogens is 1. The Morgan fingerprint density at radius 2 is 1.79 bits per heavy atom. The van der Waals surface area contributed by atoms with Crippen LogP contribution in [0, 0.1) is 5.82 Å². The first-order valence-electron chi connectivity index (χ1n) is 9.26. The molecule has 1 aromatic heterocycles. The monoisotopic (exact) mass is 331 g/mol. The highest BCUT2D eigenvalue weighted by molar-refractivity contribution is 5.33. The minimum Gasteiger partial charge on any atom is -0.314 e. The Hall–Kier alpha value is -1.71. The molecule has 24 heavy (non-hydrogen) atoms. The van der Waals surface area contributed by atoms with Gasteiger partial charge in [-0.05, 0) is 32.3 Å². The van der Waals surface area contributed by atoms with Gasteiger partial charge in [0.1, 0.15) is 17.5 Å². The van der Waals surface area contributed by atoms with Gasteiger partial charge in [0.2, 0.25) is 0 Å². The summed E-state index contributed by atoms with van der Waals surface area (Å²) in [6.45, 7) is 9.49. The van der Waals surface area contributed by atoms with Crippen LogP contribution in [0.5, 0.6) is 0 Å². The molecule has 1 unspecified atom stereocenters. The fraction of sp³-hybridized carbons (Fsp3) is 0.600. The van der Waals surface area contributed by atoms with Crippen molar-refractivity contribution in [2.45, 2.75) is 78.2 Å². The molecule has 1 aromatic carbocycles. The summed E-state index contributed by atoms with van der Waals surface area (Å²) in [6.07, 6.45) is 5.97. The summed E-state index contributed by atoms with van der Waals surface area (Å²) in [4.78, 5) is 0. The van der Waals surface area contributed by atoms with Gasteiger partial charge in [0.15, 0.2) is 0 Å². The van der Waals surface area contributed by atoms with Crippen molar-refractivity contribution in [3.05, 3.63) is 47.3 Å². The van der Waals surface area contributed by atoms with Crippen molar-refractivity contribution >= 4 is 0 Å². The SMILES string of the molecule is CCCCn1c(CCC)nnc1C(C)(CCC)c1ccccc1F. The van der Waals surface area contributed by atoms with Gasteiger partial charge in [-0.25, -0.2) is 4.39 Å². The summed E-state index contributed by atoms with van der Waals surface area (Å²) >= 11 is 0. The zero-order chi connectivity index (χ0) is 17.6. The van der Waals surface area contributed by atoms with Crippen LogP contribution < -0.4 is 0 Å². The molecular weight excluding hydrogens is 301 g/mol. The molecule has 1 atom stereocenters. The van der Waals surface area contributed by atoms with Gasteiger partial charge in [-0.1, -0.05) is 51.8 Å². The second kappa shape index (κ2) is 8.41. The summed E-state index contributed by atoms with van der Waals surface area (Å²) in [6, 6.07) is 7.09. The van der Waals surface area contributed by atoms with Crippen LogP contribution in [-0.2, 0) is 18.4 Å². The second-order valence-corrected chi connectivity index (χ2v) is 6.76. The molecule has 0 saturated carbocycles. The Labute approximate surface area is 145 Å². The van der Waals surface area contributed by atoms with Gasteiger partial charge in [-0.3, -0.25) is 0 Å². The van der Waals surface area contributed by atoms with Crippen LogP contribution in [0.1, 0.15) is 77.0 Å². The summed E-state index contributed by atoms with van der Waals surface area (Å²) in [7, 11) is 0. The van der Waals surface area contributed by atoms with Crippen LogP contribution in [0.3, 0.4) is 0 Å².